The molecule has 0 saturated heterocycles. The predicted octanol–water partition coefficient (Wildman–Crippen LogP) is 1.97. The van der Waals surface area contributed by atoms with Gasteiger partial charge in [0, 0.05) is 6.20 Å². The van der Waals surface area contributed by atoms with E-state index in [4.69, 9.17) is 4.74 Å². The van der Waals surface area contributed by atoms with Gasteiger partial charge >= 0.3 is 0 Å². The molecular weight excluding hydrogens is 215 g/mol. The van der Waals surface area contributed by atoms with Crippen molar-refractivity contribution < 1.29 is 19.2 Å². The van der Waals surface area contributed by atoms with E-state index in [1.54, 1.807) is 12.1 Å². The van der Waals surface area contributed by atoms with Crippen molar-refractivity contribution in [2.45, 2.75) is 12.8 Å². The molecule has 1 aromatic heterocycles. The number of hydrogen-bond acceptors (Lipinski definition) is 5. The van der Waals surface area contributed by atoms with E-state index in [2.05, 4.69) is 9.82 Å². The monoisotopic (exact) mass is 230 g/mol. The molecule has 0 aliphatic heterocycles. The number of aromatic nitrogens is 1. The van der Waals surface area contributed by atoms with Crippen molar-refractivity contribution in [3.63, 3.8) is 0 Å². The molecule has 6 heteroatoms. The summed E-state index contributed by atoms with van der Waals surface area (Å²) in [6.45, 7) is 0.0214. The molecule has 0 bridgehead atoms. The summed E-state index contributed by atoms with van der Waals surface area (Å²) < 4.78 is 17.2. The van der Waals surface area contributed by atoms with Crippen molar-refractivity contribution in [3.05, 3.63) is 18.3 Å². The van der Waals surface area contributed by atoms with Crippen LogP contribution >= 0.6 is 0 Å². The highest BCUT2D eigenvalue weighted by Crippen LogP contribution is 2.24. The highest BCUT2D eigenvalue weighted by Gasteiger charge is 2.10. The van der Waals surface area contributed by atoms with E-state index in [9.17, 15) is 9.60 Å². The van der Waals surface area contributed by atoms with Gasteiger partial charge in [-0.15, -0.1) is 5.23 Å². The van der Waals surface area contributed by atoms with Crippen LogP contribution in [-0.2, 0) is 4.84 Å². The van der Waals surface area contributed by atoms with E-state index in [0.717, 1.165) is 0 Å². The number of nitrogens with zero attached hydrogens (tertiary/aromatic N) is 2. The molecule has 1 N–H and O–H groups in total. The standard InChI is InChI=1S/C10H15FN2O3/c1-15-13(14)10-9(5-4-7-12-10)16-8-3-2-6-11/h4-5,7,14H,2-3,6,8H2,1H3. The van der Waals surface area contributed by atoms with Crippen LogP contribution in [0, 0.1) is 0 Å². The minimum atomic E-state index is -0.354. The summed E-state index contributed by atoms with van der Waals surface area (Å²) in [6.07, 6.45) is 2.58. The van der Waals surface area contributed by atoms with E-state index in [1.807, 2.05) is 0 Å². The van der Waals surface area contributed by atoms with E-state index in [1.165, 1.54) is 13.3 Å². The van der Waals surface area contributed by atoms with Gasteiger partial charge in [0.25, 0.3) is 0 Å². The normalized spacial score (nSPS) is 10.2. The second kappa shape index (κ2) is 6.97. The zero-order valence-corrected chi connectivity index (χ0v) is 9.10. The lowest BCUT2D eigenvalue weighted by Crippen LogP contribution is -2.18. The fourth-order valence-corrected chi connectivity index (χ4v) is 1.10. The fraction of sp³-hybridized carbons (Fsp3) is 0.500. The lowest BCUT2D eigenvalue weighted by atomic mass is 10.3. The third kappa shape index (κ3) is 3.63. The topological polar surface area (TPSA) is 54.8 Å². The number of ether oxygens (including phenoxy) is 1. The lowest BCUT2D eigenvalue weighted by molar-refractivity contribution is -0.0143. The molecule has 0 unspecified atom stereocenters. The molecule has 1 rings (SSSR count). The molecule has 0 aliphatic rings. The maximum Gasteiger partial charge on any atom is 0.225 e. The molecule has 0 amide bonds. The Balaban J connectivity index is 2.57. The van der Waals surface area contributed by atoms with Gasteiger partial charge in [-0.3, -0.25) is 14.4 Å². The second-order valence-electron chi connectivity index (χ2n) is 3.03. The number of halogens is 1. The van der Waals surface area contributed by atoms with Crippen LogP contribution in [0.4, 0.5) is 10.2 Å². The Bertz CT molecular complexity index is 312. The minimum Gasteiger partial charge on any atom is -0.490 e. The van der Waals surface area contributed by atoms with Crippen molar-refractivity contribution in [2.24, 2.45) is 0 Å². The summed E-state index contributed by atoms with van der Waals surface area (Å²) in [5.41, 5.74) is 0. The Kier molecular flexibility index (Phi) is 5.52. The first kappa shape index (κ1) is 12.7. The maximum atomic E-state index is 11.8. The number of hydrogen-bond donors (Lipinski definition) is 1. The molecule has 0 radical (unpaired) electrons. The lowest BCUT2D eigenvalue weighted by Gasteiger charge is -2.15. The van der Waals surface area contributed by atoms with Gasteiger partial charge in [-0.2, -0.15) is 0 Å². The van der Waals surface area contributed by atoms with Crippen LogP contribution in [-0.4, -0.2) is 30.6 Å². The van der Waals surface area contributed by atoms with Crippen molar-refractivity contribution in [3.8, 4) is 5.75 Å². The average molecular weight is 230 g/mol. The van der Waals surface area contributed by atoms with Gasteiger partial charge in [0.15, 0.2) is 5.75 Å². The second-order valence-corrected chi connectivity index (χ2v) is 3.03. The van der Waals surface area contributed by atoms with Crippen molar-refractivity contribution in [1.82, 2.24) is 4.98 Å². The Morgan fingerprint density at radius 2 is 2.31 bits per heavy atom. The highest BCUT2D eigenvalue weighted by atomic mass is 19.1. The molecule has 0 atom stereocenters. The van der Waals surface area contributed by atoms with E-state index in [0.29, 0.717) is 30.4 Å². The zero-order chi connectivity index (χ0) is 11.8. The molecule has 5 nitrogen and oxygen atoms in total. The summed E-state index contributed by atoms with van der Waals surface area (Å²) in [5.74, 6) is 0.566. The summed E-state index contributed by atoms with van der Waals surface area (Å²) in [7, 11) is 1.31. The Labute approximate surface area is 93.3 Å². The smallest absolute Gasteiger partial charge is 0.225 e. The molecule has 1 aromatic rings. The van der Waals surface area contributed by atoms with Crippen molar-refractivity contribution in [2.75, 3.05) is 25.6 Å². The molecule has 0 saturated carbocycles. The van der Waals surface area contributed by atoms with Crippen LogP contribution in [0.15, 0.2) is 18.3 Å². The van der Waals surface area contributed by atoms with Crippen LogP contribution in [0.5, 0.6) is 5.75 Å². The van der Waals surface area contributed by atoms with Gasteiger partial charge < -0.3 is 4.74 Å². The van der Waals surface area contributed by atoms with Gasteiger partial charge in [-0.1, -0.05) is 0 Å². The predicted molar refractivity (Wildman–Crippen MR) is 56.2 cm³/mol. The number of anilines is 1. The van der Waals surface area contributed by atoms with E-state index >= 15 is 0 Å². The average Bonchev–Trinajstić information content (AvgIpc) is 2.34. The van der Waals surface area contributed by atoms with Crippen LogP contribution in [0.2, 0.25) is 0 Å². The summed E-state index contributed by atoms with van der Waals surface area (Å²) in [6, 6.07) is 3.33. The van der Waals surface area contributed by atoms with Gasteiger partial charge in [0.2, 0.25) is 5.82 Å². The zero-order valence-electron chi connectivity index (χ0n) is 9.10. The SMILES string of the molecule is CON(O)c1ncccc1OCCCCF. The number of unbranched alkanes of at least 4 members (excludes halogenated alkanes) is 1. The van der Waals surface area contributed by atoms with Crippen LogP contribution in [0.3, 0.4) is 0 Å². The Morgan fingerprint density at radius 3 is 3.00 bits per heavy atom. The van der Waals surface area contributed by atoms with Gasteiger partial charge in [0.1, 0.15) is 0 Å². The largest absolute Gasteiger partial charge is 0.490 e. The summed E-state index contributed by atoms with van der Waals surface area (Å²) in [5, 5.41) is 9.84. The third-order valence-electron chi connectivity index (χ3n) is 1.89. The first-order valence-corrected chi connectivity index (χ1v) is 4.96. The minimum absolute atomic E-state index is 0.172. The fourth-order valence-electron chi connectivity index (χ4n) is 1.10. The quantitative estimate of drug-likeness (QED) is 0.573. The van der Waals surface area contributed by atoms with Gasteiger partial charge in [0.05, 0.1) is 20.4 Å². The van der Waals surface area contributed by atoms with Crippen LogP contribution < -0.4 is 9.96 Å². The Morgan fingerprint density at radius 1 is 1.50 bits per heavy atom. The van der Waals surface area contributed by atoms with Gasteiger partial charge in [-0.25, -0.2) is 4.98 Å². The molecule has 16 heavy (non-hydrogen) atoms. The van der Waals surface area contributed by atoms with Crippen molar-refractivity contribution in [1.29, 1.82) is 0 Å². The van der Waals surface area contributed by atoms with Crippen molar-refractivity contribution >= 4 is 5.82 Å². The number of rotatable bonds is 7. The highest BCUT2D eigenvalue weighted by molar-refractivity contribution is 5.47. The van der Waals surface area contributed by atoms with Crippen LogP contribution in [0.25, 0.3) is 0 Å². The molecule has 0 aromatic carbocycles. The van der Waals surface area contributed by atoms with E-state index in [-0.39, 0.29) is 12.5 Å². The summed E-state index contributed by atoms with van der Waals surface area (Å²) >= 11 is 0. The van der Waals surface area contributed by atoms with Gasteiger partial charge in [-0.05, 0) is 25.0 Å². The molecule has 0 aliphatic carbocycles. The first-order valence-electron chi connectivity index (χ1n) is 4.96. The molecule has 0 spiro atoms. The van der Waals surface area contributed by atoms with E-state index < -0.39 is 0 Å². The third-order valence-corrected chi connectivity index (χ3v) is 1.89. The maximum absolute atomic E-state index is 11.8. The number of pyridine rings is 1. The summed E-state index contributed by atoms with van der Waals surface area (Å²) in [4.78, 5) is 8.49. The molecular formula is C10H15FN2O3. The molecule has 0 fully saturated rings. The Hall–Kier alpha value is -1.40. The number of alkyl halides is 1. The first-order chi connectivity index (χ1) is 7.79. The molecule has 1 heterocycles. The molecule has 90 valence electrons. The van der Waals surface area contributed by atoms with Crippen LogP contribution in [0.1, 0.15) is 12.8 Å².